The van der Waals surface area contributed by atoms with E-state index in [1.54, 1.807) is 12.1 Å². The van der Waals surface area contributed by atoms with E-state index >= 15 is 0 Å². The van der Waals surface area contributed by atoms with Crippen molar-refractivity contribution in [1.29, 1.82) is 0 Å². The van der Waals surface area contributed by atoms with E-state index in [0.717, 1.165) is 42.6 Å². The minimum atomic E-state index is -0.0404. The molecule has 1 atom stereocenters. The van der Waals surface area contributed by atoms with Crippen molar-refractivity contribution in [2.75, 3.05) is 18.9 Å². The Morgan fingerprint density at radius 2 is 1.95 bits per heavy atom. The SMILES string of the molecule is Cc1cc(O)cc(C)c1NC(=O)[C@@H]1CCCCN1C. The lowest BCUT2D eigenvalue weighted by Gasteiger charge is -2.31. The van der Waals surface area contributed by atoms with Crippen molar-refractivity contribution in [3.05, 3.63) is 23.3 Å². The predicted molar refractivity (Wildman–Crippen MR) is 76.5 cm³/mol. The molecule has 1 amide bonds. The van der Waals surface area contributed by atoms with E-state index in [-0.39, 0.29) is 17.7 Å². The number of likely N-dealkylation sites (N-methyl/N-ethyl adjacent to an activating group) is 1. The molecule has 1 aromatic rings. The molecular weight excluding hydrogens is 240 g/mol. The highest BCUT2D eigenvalue weighted by Crippen LogP contribution is 2.26. The first-order valence-corrected chi connectivity index (χ1v) is 6.80. The molecule has 1 aromatic carbocycles. The number of likely N-dealkylation sites (tertiary alicyclic amines) is 1. The van der Waals surface area contributed by atoms with Gasteiger partial charge in [-0.3, -0.25) is 9.69 Å². The van der Waals surface area contributed by atoms with E-state index in [4.69, 9.17) is 0 Å². The fraction of sp³-hybridized carbons (Fsp3) is 0.533. The van der Waals surface area contributed by atoms with Crippen LogP contribution in [0.5, 0.6) is 5.75 Å². The number of carbonyl (C=O) groups excluding carboxylic acids is 1. The van der Waals surface area contributed by atoms with Gasteiger partial charge < -0.3 is 10.4 Å². The Kier molecular flexibility index (Phi) is 4.10. The number of hydrogen-bond donors (Lipinski definition) is 2. The number of nitrogens with one attached hydrogen (secondary N) is 1. The molecule has 0 bridgehead atoms. The second-order valence-electron chi connectivity index (χ2n) is 5.44. The maximum atomic E-state index is 12.4. The molecule has 1 fully saturated rings. The minimum absolute atomic E-state index is 0.0404. The lowest BCUT2D eigenvalue weighted by atomic mass is 10.0. The summed E-state index contributed by atoms with van der Waals surface area (Å²) in [5, 5.41) is 12.5. The lowest BCUT2D eigenvalue weighted by molar-refractivity contribution is -0.121. The van der Waals surface area contributed by atoms with Crippen LogP contribution in [0.2, 0.25) is 0 Å². The number of phenolic OH excluding ortho intramolecular Hbond substituents is 1. The highest BCUT2D eigenvalue weighted by atomic mass is 16.3. The van der Waals surface area contributed by atoms with Crippen LogP contribution in [0, 0.1) is 13.8 Å². The summed E-state index contributed by atoms with van der Waals surface area (Å²) in [6.07, 6.45) is 3.19. The van der Waals surface area contributed by atoms with Crippen molar-refractivity contribution >= 4 is 11.6 Å². The van der Waals surface area contributed by atoms with Crippen LogP contribution in [0.3, 0.4) is 0 Å². The molecule has 1 aliphatic rings. The standard InChI is InChI=1S/C15H22N2O2/c1-10-8-12(18)9-11(2)14(10)16-15(19)13-6-4-5-7-17(13)3/h8-9,13,18H,4-7H2,1-3H3,(H,16,19)/t13-/m0/s1. The Labute approximate surface area is 114 Å². The van der Waals surface area contributed by atoms with Gasteiger partial charge in [0.2, 0.25) is 5.91 Å². The molecule has 4 nitrogen and oxygen atoms in total. The number of aryl methyl sites for hydroxylation is 2. The molecule has 1 heterocycles. The van der Waals surface area contributed by atoms with Crippen molar-refractivity contribution < 1.29 is 9.90 Å². The number of phenols is 1. The topological polar surface area (TPSA) is 52.6 Å². The highest BCUT2D eigenvalue weighted by molar-refractivity contribution is 5.96. The normalized spacial score (nSPS) is 20.3. The van der Waals surface area contributed by atoms with Gasteiger partial charge in [0, 0.05) is 5.69 Å². The van der Waals surface area contributed by atoms with Crippen LogP contribution in [0.1, 0.15) is 30.4 Å². The van der Waals surface area contributed by atoms with Crippen molar-refractivity contribution in [2.45, 2.75) is 39.2 Å². The van der Waals surface area contributed by atoms with E-state index in [2.05, 4.69) is 10.2 Å². The fourth-order valence-electron chi connectivity index (χ4n) is 2.75. The van der Waals surface area contributed by atoms with Gasteiger partial charge in [0.1, 0.15) is 5.75 Å². The third kappa shape index (κ3) is 3.07. The third-order valence-electron chi connectivity index (χ3n) is 3.84. The number of carbonyl (C=O) groups is 1. The molecule has 0 radical (unpaired) electrons. The van der Waals surface area contributed by atoms with E-state index in [0.29, 0.717) is 0 Å². The Morgan fingerprint density at radius 1 is 1.32 bits per heavy atom. The molecule has 1 saturated heterocycles. The molecule has 1 aliphatic heterocycles. The monoisotopic (exact) mass is 262 g/mol. The number of rotatable bonds is 2. The number of nitrogens with zero attached hydrogens (tertiary/aromatic N) is 1. The Balaban J connectivity index is 2.14. The summed E-state index contributed by atoms with van der Waals surface area (Å²) in [5.41, 5.74) is 2.61. The van der Waals surface area contributed by atoms with Gasteiger partial charge in [0.05, 0.1) is 6.04 Å². The van der Waals surface area contributed by atoms with Crippen LogP contribution >= 0.6 is 0 Å². The number of piperidine rings is 1. The molecule has 19 heavy (non-hydrogen) atoms. The lowest BCUT2D eigenvalue weighted by Crippen LogP contribution is -2.44. The Morgan fingerprint density at radius 3 is 2.53 bits per heavy atom. The number of benzene rings is 1. The molecule has 0 aromatic heterocycles. The average molecular weight is 262 g/mol. The van der Waals surface area contributed by atoms with Crippen LogP contribution in [0.15, 0.2) is 12.1 Å². The summed E-state index contributed by atoms with van der Waals surface area (Å²) < 4.78 is 0. The summed E-state index contributed by atoms with van der Waals surface area (Å²) in [7, 11) is 2.00. The molecule has 0 unspecified atom stereocenters. The smallest absolute Gasteiger partial charge is 0.241 e. The molecule has 2 rings (SSSR count). The van der Waals surface area contributed by atoms with Gasteiger partial charge in [-0.1, -0.05) is 6.42 Å². The first kappa shape index (κ1) is 13.9. The summed E-state index contributed by atoms with van der Waals surface area (Å²) in [6.45, 7) is 4.77. The zero-order chi connectivity index (χ0) is 14.0. The van der Waals surface area contributed by atoms with Crippen molar-refractivity contribution in [2.24, 2.45) is 0 Å². The molecule has 104 valence electrons. The average Bonchev–Trinajstić information content (AvgIpc) is 2.34. The van der Waals surface area contributed by atoms with E-state index in [9.17, 15) is 9.90 Å². The Bertz CT molecular complexity index is 462. The largest absolute Gasteiger partial charge is 0.508 e. The molecular formula is C15H22N2O2. The molecule has 0 saturated carbocycles. The first-order valence-electron chi connectivity index (χ1n) is 6.80. The van der Waals surface area contributed by atoms with E-state index in [1.807, 2.05) is 20.9 Å². The molecule has 2 N–H and O–H groups in total. The zero-order valence-corrected chi connectivity index (χ0v) is 11.9. The highest BCUT2D eigenvalue weighted by Gasteiger charge is 2.26. The molecule has 0 aliphatic carbocycles. The van der Waals surface area contributed by atoms with Gasteiger partial charge in [-0.05, 0) is 63.5 Å². The van der Waals surface area contributed by atoms with E-state index < -0.39 is 0 Å². The number of anilines is 1. The number of aromatic hydroxyl groups is 1. The van der Waals surface area contributed by atoms with Crippen molar-refractivity contribution in [3.63, 3.8) is 0 Å². The Hall–Kier alpha value is -1.55. The first-order chi connectivity index (χ1) is 8.99. The van der Waals surface area contributed by atoms with Crippen LogP contribution in [-0.4, -0.2) is 35.5 Å². The van der Waals surface area contributed by atoms with Gasteiger partial charge in [0.25, 0.3) is 0 Å². The van der Waals surface area contributed by atoms with Gasteiger partial charge in [-0.15, -0.1) is 0 Å². The van der Waals surface area contributed by atoms with E-state index in [1.165, 1.54) is 0 Å². The number of amides is 1. The predicted octanol–water partition coefficient (Wildman–Crippen LogP) is 2.43. The minimum Gasteiger partial charge on any atom is -0.508 e. The van der Waals surface area contributed by atoms with Gasteiger partial charge >= 0.3 is 0 Å². The van der Waals surface area contributed by atoms with Gasteiger partial charge in [-0.2, -0.15) is 0 Å². The molecule has 4 heteroatoms. The van der Waals surface area contributed by atoms with Crippen molar-refractivity contribution in [3.8, 4) is 5.75 Å². The second kappa shape index (κ2) is 5.61. The fourth-order valence-corrected chi connectivity index (χ4v) is 2.75. The van der Waals surface area contributed by atoms with Crippen molar-refractivity contribution in [1.82, 2.24) is 4.90 Å². The number of hydrogen-bond acceptors (Lipinski definition) is 3. The van der Waals surface area contributed by atoms with Crippen LogP contribution in [-0.2, 0) is 4.79 Å². The summed E-state index contributed by atoms with van der Waals surface area (Å²) >= 11 is 0. The van der Waals surface area contributed by atoms with Crippen LogP contribution < -0.4 is 5.32 Å². The van der Waals surface area contributed by atoms with Gasteiger partial charge in [0.15, 0.2) is 0 Å². The van der Waals surface area contributed by atoms with Crippen LogP contribution in [0.25, 0.3) is 0 Å². The summed E-state index contributed by atoms with van der Waals surface area (Å²) in [4.78, 5) is 14.5. The maximum Gasteiger partial charge on any atom is 0.241 e. The summed E-state index contributed by atoms with van der Waals surface area (Å²) in [5.74, 6) is 0.293. The quantitative estimate of drug-likeness (QED) is 0.805. The maximum absolute atomic E-state index is 12.4. The third-order valence-corrected chi connectivity index (χ3v) is 3.84. The molecule has 0 spiro atoms. The van der Waals surface area contributed by atoms with Gasteiger partial charge in [-0.25, -0.2) is 0 Å². The zero-order valence-electron chi connectivity index (χ0n) is 11.9. The summed E-state index contributed by atoms with van der Waals surface area (Å²) in [6, 6.07) is 3.31. The van der Waals surface area contributed by atoms with Crippen LogP contribution in [0.4, 0.5) is 5.69 Å². The second-order valence-corrected chi connectivity index (χ2v) is 5.44.